The standard InChI is InChI=1S/C13H22BrN3O/c1-13(2)7-9(13)12(18)11-10(14)8-15-17(11)6-5-16(3)4/h8-9,12,18H,5-7H2,1-4H3. The molecule has 2 unspecified atom stereocenters. The van der Waals surface area contributed by atoms with E-state index in [2.05, 4.69) is 39.8 Å². The highest BCUT2D eigenvalue weighted by Crippen LogP contribution is 2.58. The van der Waals surface area contributed by atoms with Crippen LogP contribution in [0.3, 0.4) is 0 Å². The third-order valence-corrected chi connectivity index (χ3v) is 4.45. The highest BCUT2D eigenvalue weighted by molar-refractivity contribution is 9.10. The lowest BCUT2D eigenvalue weighted by atomic mass is 10.0. The minimum atomic E-state index is -0.418. The largest absolute Gasteiger partial charge is 0.386 e. The Morgan fingerprint density at radius 2 is 2.22 bits per heavy atom. The predicted molar refractivity (Wildman–Crippen MR) is 75.3 cm³/mol. The first kappa shape index (κ1) is 14.0. The molecule has 2 atom stereocenters. The first-order chi connectivity index (χ1) is 8.33. The lowest BCUT2D eigenvalue weighted by molar-refractivity contribution is 0.126. The Morgan fingerprint density at radius 3 is 2.72 bits per heavy atom. The molecule has 0 spiro atoms. The lowest BCUT2D eigenvalue weighted by Crippen LogP contribution is -2.21. The van der Waals surface area contributed by atoms with Crippen LogP contribution in [0.4, 0.5) is 0 Å². The third-order valence-electron chi connectivity index (χ3n) is 3.84. The third kappa shape index (κ3) is 2.78. The number of nitrogens with zero attached hydrogens (tertiary/aromatic N) is 3. The zero-order valence-electron chi connectivity index (χ0n) is 11.5. The van der Waals surface area contributed by atoms with Gasteiger partial charge in [0.2, 0.25) is 0 Å². The monoisotopic (exact) mass is 315 g/mol. The van der Waals surface area contributed by atoms with Crippen LogP contribution in [0.25, 0.3) is 0 Å². The van der Waals surface area contributed by atoms with E-state index >= 15 is 0 Å². The summed E-state index contributed by atoms with van der Waals surface area (Å²) in [4.78, 5) is 2.12. The van der Waals surface area contributed by atoms with E-state index in [1.54, 1.807) is 6.20 Å². The summed E-state index contributed by atoms with van der Waals surface area (Å²) in [6.45, 7) is 6.13. The van der Waals surface area contributed by atoms with E-state index in [1.165, 1.54) is 0 Å². The van der Waals surface area contributed by atoms with Gasteiger partial charge in [-0.1, -0.05) is 13.8 Å². The zero-order valence-corrected chi connectivity index (χ0v) is 13.1. The number of hydrogen-bond acceptors (Lipinski definition) is 3. The van der Waals surface area contributed by atoms with E-state index in [4.69, 9.17) is 0 Å². The molecule has 1 aliphatic rings. The Balaban J connectivity index is 2.14. The average Bonchev–Trinajstić information content (AvgIpc) is 2.75. The SMILES string of the molecule is CN(C)CCn1ncc(Br)c1C(O)C1CC1(C)C. The lowest BCUT2D eigenvalue weighted by Gasteiger charge is -2.17. The minimum absolute atomic E-state index is 0.259. The number of aromatic nitrogens is 2. The maximum absolute atomic E-state index is 10.5. The number of aliphatic hydroxyl groups is 1. The molecule has 5 heteroatoms. The second kappa shape index (κ2) is 4.94. The summed E-state index contributed by atoms with van der Waals surface area (Å²) < 4.78 is 2.83. The Bertz CT molecular complexity index is 428. The average molecular weight is 316 g/mol. The van der Waals surface area contributed by atoms with E-state index < -0.39 is 6.10 Å². The first-order valence-corrected chi connectivity index (χ1v) is 7.16. The fourth-order valence-electron chi connectivity index (χ4n) is 2.38. The van der Waals surface area contributed by atoms with E-state index in [1.807, 2.05) is 18.8 Å². The highest BCUT2D eigenvalue weighted by Gasteiger charge is 2.51. The molecule has 1 aromatic heterocycles. The van der Waals surface area contributed by atoms with Crippen molar-refractivity contribution in [3.8, 4) is 0 Å². The molecular weight excluding hydrogens is 294 g/mol. The summed E-state index contributed by atoms with van der Waals surface area (Å²) in [6, 6.07) is 0. The maximum atomic E-state index is 10.5. The molecule has 1 aliphatic carbocycles. The van der Waals surface area contributed by atoms with E-state index in [0.29, 0.717) is 5.92 Å². The molecule has 1 aromatic rings. The van der Waals surface area contributed by atoms with E-state index in [9.17, 15) is 5.11 Å². The topological polar surface area (TPSA) is 41.3 Å². The van der Waals surface area contributed by atoms with Crippen LogP contribution in [0.5, 0.6) is 0 Å². The Labute approximate surface area is 117 Å². The summed E-state index contributed by atoms with van der Waals surface area (Å²) in [6.07, 6.45) is 2.45. The summed E-state index contributed by atoms with van der Waals surface area (Å²) in [5, 5.41) is 14.9. The van der Waals surface area contributed by atoms with Crippen LogP contribution >= 0.6 is 15.9 Å². The summed E-state index contributed by atoms with van der Waals surface area (Å²) in [5.41, 5.74) is 1.18. The molecule has 0 amide bonds. The van der Waals surface area contributed by atoms with Gasteiger partial charge in [-0.25, -0.2) is 0 Å². The number of rotatable bonds is 5. The molecule has 1 fully saturated rings. The molecule has 4 nitrogen and oxygen atoms in total. The molecule has 1 heterocycles. The second-order valence-corrected chi connectivity index (χ2v) is 7.00. The van der Waals surface area contributed by atoms with Crippen LogP contribution < -0.4 is 0 Å². The fraction of sp³-hybridized carbons (Fsp3) is 0.769. The van der Waals surface area contributed by atoms with E-state index in [-0.39, 0.29) is 5.41 Å². The quantitative estimate of drug-likeness (QED) is 0.906. The van der Waals surface area contributed by atoms with Gasteiger partial charge in [0.1, 0.15) is 6.10 Å². The van der Waals surface area contributed by atoms with Gasteiger partial charge in [0.25, 0.3) is 0 Å². The summed E-state index contributed by atoms with van der Waals surface area (Å²) in [7, 11) is 4.08. The number of hydrogen-bond donors (Lipinski definition) is 1. The Kier molecular flexibility index (Phi) is 3.85. The first-order valence-electron chi connectivity index (χ1n) is 6.37. The van der Waals surface area contributed by atoms with Crippen molar-refractivity contribution in [2.24, 2.45) is 11.3 Å². The van der Waals surface area contributed by atoms with Gasteiger partial charge in [-0.2, -0.15) is 5.10 Å². The van der Waals surface area contributed by atoms with Gasteiger partial charge in [-0.15, -0.1) is 0 Å². The predicted octanol–water partition coefficient (Wildman–Crippen LogP) is 2.29. The van der Waals surface area contributed by atoms with Crippen molar-refractivity contribution in [3.05, 3.63) is 16.4 Å². The minimum Gasteiger partial charge on any atom is -0.386 e. The Morgan fingerprint density at radius 1 is 1.61 bits per heavy atom. The molecular formula is C13H22BrN3O. The van der Waals surface area contributed by atoms with Crippen molar-refractivity contribution in [1.82, 2.24) is 14.7 Å². The molecule has 0 bridgehead atoms. The molecule has 0 aliphatic heterocycles. The molecule has 0 radical (unpaired) electrons. The summed E-state index contributed by atoms with van der Waals surface area (Å²) >= 11 is 3.50. The normalized spacial score (nSPS) is 23.4. The van der Waals surface area contributed by atoms with Crippen molar-refractivity contribution in [1.29, 1.82) is 0 Å². The van der Waals surface area contributed by atoms with Gasteiger partial charge in [0.15, 0.2) is 0 Å². The highest BCUT2D eigenvalue weighted by atomic mass is 79.9. The Hall–Kier alpha value is -0.390. The van der Waals surface area contributed by atoms with Crippen molar-refractivity contribution in [2.75, 3.05) is 20.6 Å². The van der Waals surface area contributed by atoms with Crippen molar-refractivity contribution < 1.29 is 5.11 Å². The fourth-order valence-corrected chi connectivity index (χ4v) is 2.91. The van der Waals surface area contributed by atoms with Crippen LogP contribution in [0.1, 0.15) is 32.1 Å². The second-order valence-electron chi connectivity index (χ2n) is 6.15. The molecule has 0 aromatic carbocycles. The molecule has 18 heavy (non-hydrogen) atoms. The summed E-state index contributed by atoms with van der Waals surface area (Å²) in [5.74, 6) is 0.351. The van der Waals surface area contributed by atoms with Crippen LogP contribution in [-0.2, 0) is 6.54 Å². The van der Waals surface area contributed by atoms with Gasteiger partial charge in [-0.05, 0) is 47.8 Å². The van der Waals surface area contributed by atoms with Crippen molar-refractivity contribution in [3.63, 3.8) is 0 Å². The van der Waals surface area contributed by atoms with Gasteiger partial charge >= 0.3 is 0 Å². The number of aliphatic hydroxyl groups excluding tert-OH is 1. The van der Waals surface area contributed by atoms with Crippen molar-refractivity contribution in [2.45, 2.75) is 32.9 Å². The smallest absolute Gasteiger partial charge is 0.100 e. The van der Waals surface area contributed by atoms with Crippen LogP contribution in [0.15, 0.2) is 10.7 Å². The van der Waals surface area contributed by atoms with E-state index in [0.717, 1.165) is 29.7 Å². The van der Waals surface area contributed by atoms with Crippen molar-refractivity contribution >= 4 is 15.9 Å². The molecule has 0 saturated heterocycles. The maximum Gasteiger partial charge on any atom is 0.100 e. The molecule has 2 rings (SSSR count). The van der Waals surface area contributed by atoms with Crippen LogP contribution in [0, 0.1) is 11.3 Å². The van der Waals surface area contributed by atoms with Gasteiger partial charge in [0, 0.05) is 6.54 Å². The van der Waals surface area contributed by atoms with Crippen LogP contribution in [0.2, 0.25) is 0 Å². The van der Waals surface area contributed by atoms with Gasteiger partial charge in [0.05, 0.1) is 22.9 Å². The molecule has 1 saturated carbocycles. The molecule has 102 valence electrons. The zero-order chi connectivity index (χ0) is 13.5. The van der Waals surface area contributed by atoms with Gasteiger partial charge < -0.3 is 10.0 Å². The van der Waals surface area contributed by atoms with Gasteiger partial charge in [-0.3, -0.25) is 4.68 Å². The number of likely N-dealkylation sites (N-methyl/N-ethyl adjacent to an activating group) is 1. The number of halogens is 1. The van der Waals surface area contributed by atoms with Crippen LogP contribution in [-0.4, -0.2) is 40.4 Å². The molecule has 1 N–H and O–H groups in total.